The number of hydrogen-bond acceptors (Lipinski definition) is 1. The topological polar surface area (TPSA) is 32.9 Å². The molecule has 0 amide bonds. The highest BCUT2D eigenvalue weighted by molar-refractivity contribution is 6.00. The number of para-hydroxylation sites is 1. The van der Waals surface area contributed by atoms with Gasteiger partial charge in [-0.2, -0.15) is 0 Å². The summed E-state index contributed by atoms with van der Waals surface area (Å²) in [7, 11) is 0. The van der Waals surface area contributed by atoms with Crippen molar-refractivity contribution in [3.05, 3.63) is 36.0 Å². The van der Waals surface area contributed by atoms with Gasteiger partial charge in [-0.3, -0.25) is 4.79 Å². The molecule has 1 aliphatic carbocycles. The molecule has 1 fully saturated rings. The van der Waals surface area contributed by atoms with Crippen LogP contribution in [0.15, 0.2) is 30.3 Å². The predicted octanol–water partition coefficient (Wildman–Crippen LogP) is 3.93. The first-order valence-electron chi connectivity index (χ1n) is 6.46. The largest absolute Gasteiger partial charge is 0.352 e. The summed E-state index contributed by atoms with van der Waals surface area (Å²) in [4.78, 5) is 15.6. The first-order valence-corrected chi connectivity index (χ1v) is 6.46. The normalized spacial score (nSPS) is 17.4. The lowest BCUT2D eigenvalue weighted by atomic mass is 9.85. The fourth-order valence-electron chi connectivity index (χ4n) is 2.79. The molecule has 2 nitrogen and oxygen atoms in total. The van der Waals surface area contributed by atoms with Crippen LogP contribution in [0, 0.1) is 5.92 Å². The van der Waals surface area contributed by atoms with Crippen LogP contribution >= 0.6 is 0 Å². The van der Waals surface area contributed by atoms with Crippen LogP contribution in [0.2, 0.25) is 0 Å². The standard InChI is InChI=1S/C15H17NO/c17-15(11-6-2-1-3-7-11)14-10-12-8-4-5-9-13(12)16-14/h4-5,8-11,16H,1-3,6-7H2. The highest BCUT2D eigenvalue weighted by Crippen LogP contribution is 2.27. The van der Waals surface area contributed by atoms with Gasteiger partial charge in [0.1, 0.15) is 0 Å². The average Bonchev–Trinajstić information content (AvgIpc) is 2.82. The Bertz CT molecular complexity index is 502. The van der Waals surface area contributed by atoms with E-state index < -0.39 is 0 Å². The molecule has 1 aliphatic rings. The van der Waals surface area contributed by atoms with Crippen molar-refractivity contribution in [2.75, 3.05) is 0 Å². The number of fused-ring (bicyclic) bond motifs is 1. The van der Waals surface area contributed by atoms with E-state index in [2.05, 4.69) is 4.98 Å². The summed E-state index contributed by atoms with van der Waals surface area (Å²) in [5, 5.41) is 1.13. The van der Waals surface area contributed by atoms with Crippen LogP contribution in [0.25, 0.3) is 10.9 Å². The molecule has 88 valence electrons. The SMILES string of the molecule is O=C(c1cc2ccccc2[nH]1)C1CCCCC1. The Hall–Kier alpha value is -1.57. The van der Waals surface area contributed by atoms with Gasteiger partial charge < -0.3 is 4.98 Å². The van der Waals surface area contributed by atoms with Gasteiger partial charge in [-0.1, -0.05) is 37.5 Å². The molecule has 3 rings (SSSR count). The molecule has 2 aromatic rings. The van der Waals surface area contributed by atoms with E-state index in [1.165, 1.54) is 19.3 Å². The van der Waals surface area contributed by atoms with E-state index in [1.807, 2.05) is 30.3 Å². The Balaban J connectivity index is 1.89. The van der Waals surface area contributed by atoms with Crippen LogP contribution in [0.4, 0.5) is 0 Å². The number of aromatic amines is 1. The molecule has 0 radical (unpaired) electrons. The lowest BCUT2D eigenvalue weighted by Crippen LogP contribution is -2.18. The van der Waals surface area contributed by atoms with E-state index in [4.69, 9.17) is 0 Å². The molecule has 1 heterocycles. The van der Waals surface area contributed by atoms with Crippen LogP contribution in [-0.4, -0.2) is 10.8 Å². The van der Waals surface area contributed by atoms with Gasteiger partial charge >= 0.3 is 0 Å². The number of aromatic nitrogens is 1. The zero-order valence-electron chi connectivity index (χ0n) is 9.91. The molecule has 1 aromatic carbocycles. The minimum absolute atomic E-state index is 0.247. The van der Waals surface area contributed by atoms with Crippen LogP contribution < -0.4 is 0 Å². The molecule has 0 spiro atoms. The molecule has 0 saturated heterocycles. The average molecular weight is 227 g/mol. The van der Waals surface area contributed by atoms with Crippen molar-refractivity contribution in [3.63, 3.8) is 0 Å². The lowest BCUT2D eigenvalue weighted by molar-refractivity contribution is 0.0885. The molecular weight excluding hydrogens is 210 g/mol. The van der Waals surface area contributed by atoms with Crippen molar-refractivity contribution in [2.24, 2.45) is 5.92 Å². The van der Waals surface area contributed by atoms with Gasteiger partial charge in [-0.25, -0.2) is 0 Å². The van der Waals surface area contributed by atoms with Crippen molar-refractivity contribution in [1.82, 2.24) is 4.98 Å². The number of hydrogen-bond donors (Lipinski definition) is 1. The zero-order chi connectivity index (χ0) is 11.7. The van der Waals surface area contributed by atoms with Crippen molar-refractivity contribution < 1.29 is 4.79 Å². The molecule has 1 aromatic heterocycles. The fraction of sp³-hybridized carbons (Fsp3) is 0.400. The van der Waals surface area contributed by atoms with Gasteiger partial charge in [0, 0.05) is 16.8 Å². The van der Waals surface area contributed by atoms with E-state index in [0.717, 1.165) is 29.4 Å². The van der Waals surface area contributed by atoms with E-state index in [-0.39, 0.29) is 5.92 Å². The van der Waals surface area contributed by atoms with Crippen molar-refractivity contribution in [3.8, 4) is 0 Å². The highest BCUT2D eigenvalue weighted by Gasteiger charge is 2.23. The Labute approximate surface area is 101 Å². The maximum Gasteiger partial charge on any atom is 0.182 e. The second-order valence-corrected chi connectivity index (χ2v) is 4.97. The summed E-state index contributed by atoms with van der Waals surface area (Å²) in [6.45, 7) is 0. The third-order valence-corrected chi connectivity index (χ3v) is 3.77. The molecular formula is C15H17NO. The first kappa shape index (κ1) is 10.6. The third kappa shape index (κ3) is 1.99. The molecule has 0 aliphatic heterocycles. The van der Waals surface area contributed by atoms with Crippen molar-refractivity contribution in [1.29, 1.82) is 0 Å². The molecule has 2 heteroatoms. The number of carbonyl (C=O) groups is 1. The molecule has 0 atom stereocenters. The number of ketones is 1. The van der Waals surface area contributed by atoms with Crippen molar-refractivity contribution >= 4 is 16.7 Å². The summed E-state index contributed by atoms with van der Waals surface area (Å²) in [6, 6.07) is 10.1. The predicted molar refractivity (Wildman–Crippen MR) is 69.2 cm³/mol. The highest BCUT2D eigenvalue weighted by atomic mass is 16.1. The summed E-state index contributed by atoms with van der Waals surface area (Å²) in [5.74, 6) is 0.553. The Morgan fingerprint density at radius 1 is 1.12 bits per heavy atom. The van der Waals surface area contributed by atoms with Crippen molar-refractivity contribution in [2.45, 2.75) is 32.1 Å². The van der Waals surface area contributed by atoms with E-state index in [9.17, 15) is 4.79 Å². The quantitative estimate of drug-likeness (QED) is 0.775. The summed E-state index contributed by atoms with van der Waals surface area (Å²) in [5.41, 5.74) is 1.85. The lowest BCUT2D eigenvalue weighted by Gasteiger charge is -2.19. The summed E-state index contributed by atoms with van der Waals surface area (Å²) >= 11 is 0. The second-order valence-electron chi connectivity index (χ2n) is 4.97. The smallest absolute Gasteiger partial charge is 0.182 e. The second kappa shape index (κ2) is 4.36. The fourth-order valence-corrected chi connectivity index (χ4v) is 2.79. The number of nitrogens with one attached hydrogen (secondary N) is 1. The summed E-state index contributed by atoms with van der Waals surface area (Å²) in [6.07, 6.45) is 5.83. The maximum absolute atomic E-state index is 12.3. The maximum atomic E-state index is 12.3. The van der Waals surface area contributed by atoms with Crippen LogP contribution in [0.1, 0.15) is 42.6 Å². The Kier molecular flexibility index (Phi) is 2.71. The Morgan fingerprint density at radius 3 is 2.65 bits per heavy atom. The van der Waals surface area contributed by atoms with Crippen LogP contribution in [-0.2, 0) is 0 Å². The van der Waals surface area contributed by atoms with Gasteiger partial charge in [-0.05, 0) is 25.0 Å². The van der Waals surface area contributed by atoms with Gasteiger partial charge in [0.15, 0.2) is 5.78 Å². The number of Topliss-reactive ketones (excluding diaryl/α,β-unsaturated/α-hetero) is 1. The van der Waals surface area contributed by atoms with E-state index in [1.54, 1.807) is 0 Å². The number of H-pyrrole nitrogens is 1. The van der Waals surface area contributed by atoms with E-state index >= 15 is 0 Å². The minimum atomic E-state index is 0.247. The van der Waals surface area contributed by atoms with Crippen LogP contribution in [0.5, 0.6) is 0 Å². The molecule has 1 N–H and O–H groups in total. The number of carbonyl (C=O) groups excluding carboxylic acids is 1. The molecule has 0 unspecified atom stereocenters. The number of rotatable bonds is 2. The molecule has 1 saturated carbocycles. The molecule has 0 bridgehead atoms. The van der Waals surface area contributed by atoms with Gasteiger partial charge in [0.2, 0.25) is 0 Å². The summed E-state index contributed by atoms with van der Waals surface area (Å²) < 4.78 is 0. The zero-order valence-corrected chi connectivity index (χ0v) is 9.91. The minimum Gasteiger partial charge on any atom is -0.352 e. The number of benzene rings is 1. The Morgan fingerprint density at radius 2 is 1.88 bits per heavy atom. The first-order chi connectivity index (χ1) is 8.34. The monoisotopic (exact) mass is 227 g/mol. The van der Waals surface area contributed by atoms with Gasteiger partial charge in [-0.15, -0.1) is 0 Å². The third-order valence-electron chi connectivity index (χ3n) is 3.77. The van der Waals surface area contributed by atoms with E-state index in [0.29, 0.717) is 5.78 Å². The van der Waals surface area contributed by atoms with Crippen LogP contribution in [0.3, 0.4) is 0 Å². The van der Waals surface area contributed by atoms with Gasteiger partial charge in [0.25, 0.3) is 0 Å². The van der Waals surface area contributed by atoms with Gasteiger partial charge in [0.05, 0.1) is 5.69 Å². The molecule has 17 heavy (non-hydrogen) atoms.